The lowest BCUT2D eigenvalue weighted by atomic mass is 9.95. The van der Waals surface area contributed by atoms with Crippen LogP contribution in [0.2, 0.25) is 10.0 Å². The molecule has 0 fully saturated rings. The molecule has 0 amide bonds. The number of carbonyl (C=O) groups is 1. The van der Waals surface area contributed by atoms with Crippen LogP contribution >= 0.6 is 23.2 Å². The van der Waals surface area contributed by atoms with Crippen molar-refractivity contribution in [2.45, 2.75) is 25.9 Å². The van der Waals surface area contributed by atoms with Gasteiger partial charge in [0.15, 0.2) is 6.10 Å². The summed E-state index contributed by atoms with van der Waals surface area (Å²) in [5, 5.41) is 1.13. The van der Waals surface area contributed by atoms with Gasteiger partial charge < -0.3 is 9.47 Å². The van der Waals surface area contributed by atoms with Gasteiger partial charge in [0.1, 0.15) is 0 Å². The summed E-state index contributed by atoms with van der Waals surface area (Å²) in [6, 6.07) is 12.8. The van der Waals surface area contributed by atoms with Crippen LogP contribution in [-0.4, -0.2) is 18.5 Å². The number of hydrogen-bond donors (Lipinski definition) is 0. The molecule has 0 N–H and O–H groups in total. The molecular formula is C21H19Cl2NO3. The molecule has 3 rings (SSSR count). The molecule has 1 aliphatic heterocycles. The van der Waals surface area contributed by atoms with Gasteiger partial charge in [-0.2, -0.15) is 0 Å². The van der Waals surface area contributed by atoms with E-state index in [0.717, 1.165) is 29.5 Å². The van der Waals surface area contributed by atoms with E-state index in [1.165, 1.54) is 0 Å². The Labute approximate surface area is 168 Å². The molecule has 0 spiro atoms. The molecule has 0 radical (unpaired) electrons. The molecule has 27 heavy (non-hydrogen) atoms. The molecule has 6 heteroatoms. The van der Waals surface area contributed by atoms with Crippen LogP contribution in [0.25, 0.3) is 0 Å². The Morgan fingerprint density at radius 2 is 1.96 bits per heavy atom. The zero-order valence-electron chi connectivity index (χ0n) is 14.8. The summed E-state index contributed by atoms with van der Waals surface area (Å²) in [5.74, 6) is 0. The molecule has 0 aliphatic carbocycles. The standard InChI is InChI=1S/C21H19Cl2NO3/c1-2-3-12-26-21(25)27-19-10-11-24-20(16-6-4-5-7-18(16)23)17-13-14(22)8-9-15(17)19/h4-11,13,19H,2-3,12H2,1H3. The van der Waals surface area contributed by atoms with Crippen molar-refractivity contribution in [3.8, 4) is 0 Å². The van der Waals surface area contributed by atoms with Crippen molar-refractivity contribution in [3.05, 3.63) is 81.5 Å². The third-order valence-electron chi connectivity index (χ3n) is 4.11. The van der Waals surface area contributed by atoms with E-state index < -0.39 is 12.3 Å². The average Bonchev–Trinajstić information content (AvgIpc) is 2.82. The van der Waals surface area contributed by atoms with Crippen LogP contribution in [0.1, 0.15) is 42.6 Å². The average molecular weight is 404 g/mol. The molecule has 2 aromatic carbocycles. The minimum Gasteiger partial charge on any atom is -0.434 e. The second-order valence-corrected chi connectivity index (χ2v) is 6.86. The van der Waals surface area contributed by atoms with Gasteiger partial charge in [-0.15, -0.1) is 0 Å². The molecule has 0 aromatic heterocycles. The zero-order valence-corrected chi connectivity index (χ0v) is 16.3. The number of halogens is 2. The smallest absolute Gasteiger partial charge is 0.434 e. The van der Waals surface area contributed by atoms with Crippen LogP contribution in [0, 0.1) is 0 Å². The predicted octanol–water partition coefficient (Wildman–Crippen LogP) is 6.35. The van der Waals surface area contributed by atoms with E-state index in [-0.39, 0.29) is 0 Å². The summed E-state index contributed by atoms with van der Waals surface area (Å²) in [6.45, 7) is 2.36. The molecule has 0 bridgehead atoms. The number of aliphatic imine (C=N–C) groups is 1. The third-order valence-corrected chi connectivity index (χ3v) is 4.68. The summed E-state index contributed by atoms with van der Waals surface area (Å²) >= 11 is 12.6. The summed E-state index contributed by atoms with van der Waals surface area (Å²) in [4.78, 5) is 16.5. The van der Waals surface area contributed by atoms with Crippen molar-refractivity contribution in [3.63, 3.8) is 0 Å². The predicted molar refractivity (Wildman–Crippen MR) is 108 cm³/mol. The molecule has 1 heterocycles. The first-order valence-corrected chi connectivity index (χ1v) is 9.48. The maximum Gasteiger partial charge on any atom is 0.509 e. The Morgan fingerprint density at radius 3 is 2.74 bits per heavy atom. The maximum atomic E-state index is 12.0. The maximum absolute atomic E-state index is 12.0. The Morgan fingerprint density at radius 1 is 1.15 bits per heavy atom. The van der Waals surface area contributed by atoms with Crippen LogP contribution in [0.5, 0.6) is 0 Å². The monoisotopic (exact) mass is 403 g/mol. The Bertz CT molecular complexity index is 893. The second-order valence-electron chi connectivity index (χ2n) is 6.02. The van der Waals surface area contributed by atoms with Crippen molar-refractivity contribution in [2.75, 3.05) is 6.61 Å². The quantitative estimate of drug-likeness (QED) is 0.431. The van der Waals surface area contributed by atoms with E-state index in [9.17, 15) is 4.79 Å². The second kappa shape index (κ2) is 9.07. The van der Waals surface area contributed by atoms with Gasteiger partial charge in [-0.3, -0.25) is 4.99 Å². The first kappa shape index (κ1) is 19.5. The largest absolute Gasteiger partial charge is 0.509 e. The van der Waals surface area contributed by atoms with E-state index in [0.29, 0.717) is 22.4 Å². The summed E-state index contributed by atoms with van der Waals surface area (Å²) in [5.41, 5.74) is 2.96. The highest BCUT2D eigenvalue weighted by molar-refractivity contribution is 6.36. The van der Waals surface area contributed by atoms with E-state index in [1.807, 2.05) is 31.2 Å². The fourth-order valence-corrected chi connectivity index (χ4v) is 3.16. The number of nitrogens with zero attached hydrogens (tertiary/aromatic N) is 1. The highest BCUT2D eigenvalue weighted by Gasteiger charge is 2.24. The molecule has 1 unspecified atom stereocenters. The van der Waals surface area contributed by atoms with Crippen LogP contribution in [-0.2, 0) is 9.47 Å². The summed E-state index contributed by atoms with van der Waals surface area (Å²) in [7, 11) is 0. The lowest BCUT2D eigenvalue weighted by Crippen LogP contribution is -2.15. The van der Waals surface area contributed by atoms with Gasteiger partial charge in [-0.1, -0.05) is 60.8 Å². The Kier molecular flexibility index (Phi) is 6.54. The molecule has 0 saturated carbocycles. The van der Waals surface area contributed by atoms with Crippen molar-refractivity contribution in [1.29, 1.82) is 0 Å². The highest BCUT2D eigenvalue weighted by Crippen LogP contribution is 2.32. The molecule has 2 aromatic rings. The minimum absolute atomic E-state index is 0.334. The van der Waals surface area contributed by atoms with Gasteiger partial charge in [-0.25, -0.2) is 4.79 Å². The van der Waals surface area contributed by atoms with Gasteiger partial charge in [0.25, 0.3) is 0 Å². The Hall–Kier alpha value is -2.30. The lowest BCUT2D eigenvalue weighted by molar-refractivity contribution is 0.0360. The number of unbranched alkanes of at least 4 members (excludes halogenated alkanes) is 1. The third kappa shape index (κ3) is 4.71. The normalized spacial score (nSPS) is 15.5. The molecule has 4 nitrogen and oxygen atoms in total. The lowest BCUT2D eigenvalue weighted by Gasteiger charge is -2.18. The van der Waals surface area contributed by atoms with Gasteiger partial charge >= 0.3 is 6.16 Å². The van der Waals surface area contributed by atoms with Crippen molar-refractivity contribution < 1.29 is 14.3 Å². The van der Waals surface area contributed by atoms with Crippen LogP contribution in [0.4, 0.5) is 4.79 Å². The first-order chi connectivity index (χ1) is 13.1. The van der Waals surface area contributed by atoms with Crippen LogP contribution < -0.4 is 0 Å². The number of carbonyl (C=O) groups excluding carboxylic acids is 1. The van der Waals surface area contributed by atoms with Crippen LogP contribution in [0.15, 0.2) is 59.7 Å². The van der Waals surface area contributed by atoms with Crippen LogP contribution in [0.3, 0.4) is 0 Å². The van der Waals surface area contributed by atoms with Crippen molar-refractivity contribution in [1.82, 2.24) is 0 Å². The molecule has 0 saturated heterocycles. The number of ether oxygens (including phenoxy) is 2. The molecule has 1 atom stereocenters. The van der Waals surface area contributed by atoms with E-state index in [4.69, 9.17) is 32.7 Å². The van der Waals surface area contributed by atoms with Gasteiger partial charge in [0.05, 0.1) is 12.3 Å². The summed E-state index contributed by atoms with van der Waals surface area (Å²) in [6.07, 6.45) is 3.71. The number of benzene rings is 2. The fraction of sp³-hybridized carbons (Fsp3) is 0.238. The SMILES string of the molecule is CCCCOC(=O)OC1C=CN=C(c2ccccc2Cl)c2cc(Cl)ccc21. The van der Waals surface area contributed by atoms with E-state index in [1.54, 1.807) is 30.5 Å². The van der Waals surface area contributed by atoms with E-state index >= 15 is 0 Å². The number of rotatable bonds is 5. The first-order valence-electron chi connectivity index (χ1n) is 8.72. The van der Waals surface area contributed by atoms with Crippen molar-refractivity contribution in [2.24, 2.45) is 4.99 Å². The van der Waals surface area contributed by atoms with E-state index in [2.05, 4.69) is 4.99 Å². The van der Waals surface area contributed by atoms with Gasteiger partial charge in [-0.05, 0) is 30.7 Å². The highest BCUT2D eigenvalue weighted by atomic mass is 35.5. The van der Waals surface area contributed by atoms with Gasteiger partial charge in [0.2, 0.25) is 0 Å². The molecule has 1 aliphatic rings. The summed E-state index contributed by atoms with van der Waals surface area (Å²) < 4.78 is 10.6. The number of hydrogen-bond acceptors (Lipinski definition) is 4. The topological polar surface area (TPSA) is 47.9 Å². The van der Waals surface area contributed by atoms with Crippen molar-refractivity contribution >= 4 is 35.1 Å². The molecule has 140 valence electrons. The zero-order chi connectivity index (χ0) is 19.2. The van der Waals surface area contributed by atoms with Gasteiger partial charge in [0, 0.05) is 32.9 Å². The Balaban J connectivity index is 1.94. The minimum atomic E-state index is -0.708. The molecular weight excluding hydrogens is 385 g/mol. The number of fused-ring (bicyclic) bond motifs is 1. The fourth-order valence-electron chi connectivity index (χ4n) is 2.76.